The highest BCUT2D eigenvalue weighted by atomic mass is 16.5. The summed E-state index contributed by atoms with van der Waals surface area (Å²) >= 11 is 0. The second-order valence-corrected chi connectivity index (χ2v) is 2.60. The van der Waals surface area contributed by atoms with E-state index in [0.29, 0.717) is 0 Å². The van der Waals surface area contributed by atoms with Crippen LogP contribution in [-0.2, 0) is 4.74 Å². The van der Waals surface area contributed by atoms with Crippen molar-refractivity contribution in [3.05, 3.63) is 18.1 Å². The van der Waals surface area contributed by atoms with Crippen molar-refractivity contribution in [1.82, 2.24) is 0 Å². The van der Waals surface area contributed by atoms with Gasteiger partial charge in [-0.3, -0.25) is 0 Å². The lowest BCUT2D eigenvalue weighted by Crippen LogP contribution is -2.20. The third kappa shape index (κ3) is 1.01. The van der Waals surface area contributed by atoms with Crippen LogP contribution in [0.1, 0.15) is 20.8 Å². The zero-order valence-corrected chi connectivity index (χ0v) is 6.93. The quantitative estimate of drug-likeness (QED) is 0.366. The summed E-state index contributed by atoms with van der Waals surface area (Å²) in [4.78, 5) is 0. The van der Waals surface area contributed by atoms with Gasteiger partial charge in [0.25, 0.3) is 0 Å². The fourth-order valence-electron chi connectivity index (χ4n) is 0.845. The van der Waals surface area contributed by atoms with Crippen LogP contribution in [0.5, 0.6) is 0 Å². The lowest BCUT2D eigenvalue weighted by Gasteiger charge is -2.21. The zero-order valence-electron chi connectivity index (χ0n) is 6.93. The van der Waals surface area contributed by atoms with Gasteiger partial charge in [-0.05, 0) is 26.3 Å². The Hall–Kier alpha value is -0.920. The first-order chi connectivity index (χ1) is 4.63. The molecule has 0 fully saturated rings. The Morgan fingerprint density at radius 2 is 1.90 bits per heavy atom. The van der Waals surface area contributed by atoms with Crippen LogP contribution in [0.4, 0.5) is 0 Å². The Morgan fingerprint density at radius 3 is 2.40 bits per heavy atom. The lowest BCUT2D eigenvalue weighted by molar-refractivity contribution is -0.491. The number of nitrogens with zero attached hydrogens (tertiary/aromatic N) is 1. The fraction of sp³-hybridized carbons (Fsp3) is 0.500. The third-order valence-corrected chi connectivity index (χ3v) is 1.99. The van der Waals surface area contributed by atoms with Gasteiger partial charge in [0.2, 0.25) is 0 Å². The number of hydrogen-bond donors (Lipinski definition) is 0. The van der Waals surface area contributed by atoms with Crippen molar-refractivity contribution >= 4 is 5.71 Å². The van der Waals surface area contributed by atoms with E-state index in [1.807, 2.05) is 18.5 Å². The molecule has 2 nitrogen and oxygen atoms in total. The van der Waals surface area contributed by atoms with Gasteiger partial charge in [-0.25, -0.2) is 0 Å². The van der Waals surface area contributed by atoms with Gasteiger partial charge in [0.1, 0.15) is 7.05 Å². The number of ether oxygens (including phenoxy) is 1. The van der Waals surface area contributed by atoms with E-state index in [2.05, 4.69) is 13.8 Å². The van der Waals surface area contributed by atoms with Gasteiger partial charge in [0.05, 0.1) is 5.76 Å². The van der Waals surface area contributed by atoms with Crippen molar-refractivity contribution in [2.24, 2.45) is 0 Å². The van der Waals surface area contributed by atoms with E-state index < -0.39 is 0 Å². The summed E-state index contributed by atoms with van der Waals surface area (Å²) in [7, 11) is 1.98. The van der Waals surface area contributed by atoms with Crippen LogP contribution in [0.2, 0.25) is 0 Å². The van der Waals surface area contributed by atoms with Gasteiger partial charge >= 0.3 is 0 Å². The molecule has 0 radical (unpaired) electrons. The molecule has 0 aliphatic carbocycles. The molecule has 0 saturated carbocycles. The fourth-order valence-corrected chi connectivity index (χ4v) is 0.845. The van der Waals surface area contributed by atoms with E-state index in [9.17, 15) is 0 Å². The Balaban J connectivity index is 3.01. The maximum Gasteiger partial charge on any atom is 0.185 e. The average Bonchev–Trinajstić information content (AvgIpc) is 1.93. The predicted molar refractivity (Wildman–Crippen MR) is 40.6 cm³/mol. The van der Waals surface area contributed by atoms with Crippen LogP contribution in [0.15, 0.2) is 11.3 Å². The van der Waals surface area contributed by atoms with Gasteiger partial charge in [0, 0.05) is 5.71 Å². The van der Waals surface area contributed by atoms with E-state index in [1.165, 1.54) is 11.3 Å². The number of allylic oxidation sites excluding steroid dienone is 2. The highest BCUT2D eigenvalue weighted by molar-refractivity contribution is 5.94. The predicted octanol–water partition coefficient (Wildman–Crippen LogP) is 1.53. The molecular formula is C8H13NO. The number of rotatable bonds is 0. The normalized spacial score (nSPS) is 18.8. The standard InChI is InChI=1S/C8H13NO/c1-6-7(2)9(4)5-10-8(6)3/h5H,1-4H3. The maximum atomic E-state index is 5.23. The molecule has 56 valence electrons. The Bertz CT molecular complexity index is 189. The highest BCUT2D eigenvalue weighted by Crippen LogP contribution is 2.13. The molecule has 0 bridgehead atoms. The molecule has 0 spiro atoms. The molecule has 1 aliphatic heterocycles. The van der Waals surface area contributed by atoms with E-state index in [-0.39, 0.29) is 0 Å². The molecule has 1 heterocycles. The Morgan fingerprint density at radius 1 is 1.30 bits per heavy atom. The topological polar surface area (TPSA) is 12.2 Å². The van der Waals surface area contributed by atoms with Crippen molar-refractivity contribution < 1.29 is 9.31 Å². The summed E-state index contributed by atoms with van der Waals surface area (Å²) in [6, 6.07) is 0. The van der Waals surface area contributed by atoms with Crippen LogP contribution in [-0.4, -0.2) is 17.3 Å². The maximum absolute atomic E-state index is 5.23. The van der Waals surface area contributed by atoms with Crippen LogP contribution in [0, 0.1) is 6.73 Å². The van der Waals surface area contributed by atoms with Crippen molar-refractivity contribution in [3.8, 4) is 0 Å². The minimum atomic E-state index is 0.996. The molecule has 0 N–H and O–H groups in total. The molecule has 0 aromatic carbocycles. The van der Waals surface area contributed by atoms with Gasteiger partial charge in [-0.1, -0.05) is 0 Å². The first kappa shape index (κ1) is 7.19. The molecule has 0 saturated heterocycles. The molecule has 2 heteroatoms. The van der Waals surface area contributed by atoms with Gasteiger partial charge in [-0.15, -0.1) is 0 Å². The summed E-state index contributed by atoms with van der Waals surface area (Å²) in [5, 5.41) is 0. The van der Waals surface area contributed by atoms with Crippen LogP contribution < -0.4 is 0 Å². The smallest absolute Gasteiger partial charge is 0.185 e. The Kier molecular flexibility index (Phi) is 1.70. The highest BCUT2D eigenvalue weighted by Gasteiger charge is 2.07. The van der Waals surface area contributed by atoms with Crippen molar-refractivity contribution in [2.45, 2.75) is 20.8 Å². The third-order valence-electron chi connectivity index (χ3n) is 1.99. The zero-order chi connectivity index (χ0) is 7.72. The van der Waals surface area contributed by atoms with Crippen LogP contribution >= 0.6 is 0 Å². The number of hydrogen-bond acceptors (Lipinski definition) is 1. The molecular weight excluding hydrogens is 126 g/mol. The molecule has 0 amide bonds. The minimum absolute atomic E-state index is 0.996. The van der Waals surface area contributed by atoms with E-state index >= 15 is 0 Å². The first-order valence-corrected chi connectivity index (χ1v) is 3.37. The molecule has 10 heavy (non-hydrogen) atoms. The summed E-state index contributed by atoms with van der Waals surface area (Å²) in [6.45, 7) is 7.84. The van der Waals surface area contributed by atoms with Gasteiger partial charge < -0.3 is 9.31 Å². The second-order valence-electron chi connectivity index (χ2n) is 2.60. The largest absolute Gasteiger partial charge is 0.503 e. The molecule has 0 atom stereocenters. The Labute approximate surface area is 61.8 Å². The summed E-state index contributed by atoms with van der Waals surface area (Å²) in [5.74, 6) is 0.996. The van der Waals surface area contributed by atoms with Crippen LogP contribution in [0.25, 0.3) is 0 Å². The van der Waals surface area contributed by atoms with Crippen molar-refractivity contribution in [1.29, 1.82) is 0 Å². The average molecular weight is 139 g/mol. The first-order valence-electron chi connectivity index (χ1n) is 3.37. The van der Waals surface area contributed by atoms with Gasteiger partial charge in [0.15, 0.2) is 6.73 Å². The summed E-state index contributed by atoms with van der Waals surface area (Å²) < 4.78 is 7.21. The van der Waals surface area contributed by atoms with E-state index in [4.69, 9.17) is 4.74 Å². The molecule has 1 aliphatic rings. The van der Waals surface area contributed by atoms with E-state index in [1.54, 1.807) is 6.73 Å². The molecule has 1 rings (SSSR count). The van der Waals surface area contributed by atoms with Gasteiger partial charge in [-0.2, -0.15) is 0 Å². The molecule has 0 unspecified atom stereocenters. The lowest BCUT2D eigenvalue weighted by atomic mass is 10.1. The van der Waals surface area contributed by atoms with Crippen molar-refractivity contribution in [3.63, 3.8) is 0 Å². The molecule has 0 aromatic rings. The monoisotopic (exact) mass is 139 g/mol. The summed E-state index contributed by atoms with van der Waals surface area (Å²) in [6.07, 6.45) is 0. The van der Waals surface area contributed by atoms with Crippen LogP contribution in [0.3, 0.4) is 0 Å². The van der Waals surface area contributed by atoms with E-state index in [0.717, 1.165) is 5.76 Å². The summed E-state index contributed by atoms with van der Waals surface area (Å²) in [5.41, 5.74) is 2.48. The SMILES string of the molecule is CC1=C(C)C(C)=[N+](C)[CH-]O1. The molecule has 0 aromatic heterocycles. The minimum Gasteiger partial charge on any atom is -0.503 e. The van der Waals surface area contributed by atoms with Crippen molar-refractivity contribution in [2.75, 3.05) is 7.05 Å². The second kappa shape index (κ2) is 2.37.